The minimum Gasteiger partial charge on any atom is -0.281 e. The van der Waals surface area contributed by atoms with Gasteiger partial charge >= 0.3 is 0 Å². The number of rotatable bonds is 4. The lowest BCUT2D eigenvalue weighted by Crippen LogP contribution is -2.50. The second-order valence-corrected chi connectivity index (χ2v) is 10.5. The number of H-pyrrole nitrogens is 1. The van der Waals surface area contributed by atoms with Crippen molar-refractivity contribution in [3.05, 3.63) is 28.9 Å². The molecule has 132 valence electrons. The van der Waals surface area contributed by atoms with Gasteiger partial charge in [-0.2, -0.15) is 13.7 Å². The summed E-state index contributed by atoms with van der Waals surface area (Å²) in [6.07, 6.45) is 0. The first kappa shape index (κ1) is 17.5. The molecule has 0 radical (unpaired) electrons. The van der Waals surface area contributed by atoms with E-state index in [2.05, 4.69) is 10.2 Å². The van der Waals surface area contributed by atoms with Crippen molar-refractivity contribution in [2.24, 2.45) is 0 Å². The molecule has 0 unspecified atom stereocenters. The molecular formula is C13H18N4O4S3. The molecule has 1 aliphatic rings. The zero-order valence-corrected chi connectivity index (χ0v) is 15.7. The van der Waals surface area contributed by atoms with Crippen LogP contribution in [-0.2, 0) is 20.0 Å². The van der Waals surface area contributed by atoms with Crippen LogP contribution in [-0.4, -0.2) is 61.8 Å². The highest BCUT2D eigenvalue weighted by atomic mass is 32.2. The molecule has 0 bridgehead atoms. The highest BCUT2D eigenvalue weighted by Crippen LogP contribution is 2.26. The number of hydrogen-bond donors (Lipinski definition) is 1. The molecule has 0 aliphatic carbocycles. The predicted molar refractivity (Wildman–Crippen MR) is 89.9 cm³/mol. The number of nitrogens with zero attached hydrogens (tertiary/aromatic N) is 3. The molecule has 0 saturated carbocycles. The van der Waals surface area contributed by atoms with Gasteiger partial charge in [0.15, 0.2) is 0 Å². The molecule has 1 saturated heterocycles. The quantitative estimate of drug-likeness (QED) is 0.831. The molecule has 1 fully saturated rings. The first-order valence-electron chi connectivity index (χ1n) is 7.30. The van der Waals surface area contributed by atoms with Gasteiger partial charge in [-0.05, 0) is 25.3 Å². The topological polar surface area (TPSA) is 103 Å². The van der Waals surface area contributed by atoms with Crippen LogP contribution in [0, 0.1) is 13.8 Å². The first-order valence-corrected chi connectivity index (χ1v) is 11.1. The Bertz CT molecular complexity index is 905. The third-order valence-electron chi connectivity index (χ3n) is 3.95. The minimum absolute atomic E-state index is 0.122. The van der Waals surface area contributed by atoms with Gasteiger partial charge in [0.1, 0.15) is 9.10 Å². The van der Waals surface area contributed by atoms with Gasteiger partial charge in [0.05, 0.1) is 11.4 Å². The van der Waals surface area contributed by atoms with E-state index in [1.807, 2.05) is 0 Å². The highest BCUT2D eigenvalue weighted by molar-refractivity contribution is 7.91. The van der Waals surface area contributed by atoms with E-state index in [1.165, 1.54) is 8.61 Å². The Morgan fingerprint density at radius 2 is 1.62 bits per heavy atom. The highest BCUT2D eigenvalue weighted by Gasteiger charge is 2.36. The Kier molecular flexibility index (Phi) is 4.55. The van der Waals surface area contributed by atoms with Gasteiger partial charge in [0.25, 0.3) is 10.0 Å². The molecule has 0 amide bonds. The molecule has 11 heteroatoms. The lowest BCUT2D eigenvalue weighted by molar-refractivity contribution is 0.273. The van der Waals surface area contributed by atoms with Crippen molar-refractivity contribution in [2.45, 2.75) is 23.0 Å². The average Bonchev–Trinajstić information content (AvgIpc) is 3.18. The number of thiophene rings is 1. The van der Waals surface area contributed by atoms with Crippen LogP contribution in [0.15, 0.2) is 26.6 Å². The summed E-state index contributed by atoms with van der Waals surface area (Å²) in [6, 6.07) is 3.24. The van der Waals surface area contributed by atoms with Crippen LogP contribution in [0.4, 0.5) is 0 Å². The van der Waals surface area contributed by atoms with E-state index >= 15 is 0 Å². The largest absolute Gasteiger partial charge is 0.281 e. The monoisotopic (exact) mass is 390 g/mol. The Labute approximate surface area is 145 Å². The number of piperazine rings is 1. The summed E-state index contributed by atoms with van der Waals surface area (Å²) in [7, 11) is -7.23. The van der Waals surface area contributed by atoms with E-state index < -0.39 is 20.0 Å². The fraction of sp³-hybridized carbons (Fsp3) is 0.462. The van der Waals surface area contributed by atoms with Crippen LogP contribution in [0.5, 0.6) is 0 Å². The molecule has 1 aliphatic heterocycles. The number of aromatic nitrogens is 2. The number of aryl methyl sites for hydroxylation is 2. The Morgan fingerprint density at radius 3 is 2.08 bits per heavy atom. The number of hydrogen-bond acceptors (Lipinski definition) is 6. The standard InChI is InChI=1S/C13H18N4O4S3/c1-10-13(11(2)15-14-10)24(20,21)17-7-5-16(6-8-17)23(18,19)12-4-3-9-22-12/h3-4,9H,5-8H2,1-2H3,(H,14,15). The summed E-state index contributed by atoms with van der Waals surface area (Å²) < 4.78 is 53.5. The van der Waals surface area contributed by atoms with Gasteiger partial charge in [-0.15, -0.1) is 11.3 Å². The molecule has 0 atom stereocenters. The molecule has 8 nitrogen and oxygen atoms in total. The summed E-state index contributed by atoms with van der Waals surface area (Å²) in [5.74, 6) is 0. The van der Waals surface area contributed by atoms with Gasteiger partial charge in [0, 0.05) is 26.2 Å². The molecule has 3 rings (SSSR count). The Morgan fingerprint density at radius 1 is 1.04 bits per heavy atom. The molecule has 2 aromatic rings. The van der Waals surface area contributed by atoms with E-state index in [-0.39, 0.29) is 35.3 Å². The van der Waals surface area contributed by atoms with Gasteiger partial charge in [-0.3, -0.25) is 5.10 Å². The van der Waals surface area contributed by atoms with Crippen molar-refractivity contribution in [3.63, 3.8) is 0 Å². The summed E-state index contributed by atoms with van der Waals surface area (Å²) in [5, 5.41) is 8.31. The van der Waals surface area contributed by atoms with Crippen LogP contribution in [0.3, 0.4) is 0 Å². The Balaban J connectivity index is 1.78. The van der Waals surface area contributed by atoms with Crippen molar-refractivity contribution in [1.29, 1.82) is 0 Å². The summed E-state index contributed by atoms with van der Waals surface area (Å²) in [5.41, 5.74) is 0.905. The van der Waals surface area contributed by atoms with Crippen molar-refractivity contribution < 1.29 is 16.8 Å². The number of aromatic amines is 1. The lowest BCUT2D eigenvalue weighted by Gasteiger charge is -2.32. The van der Waals surface area contributed by atoms with Crippen LogP contribution in [0.2, 0.25) is 0 Å². The first-order chi connectivity index (χ1) is 11.2. The molecular weight excluding hydrogens is 372 g/mol. The summed E-state index contributed by atoms with van der Waals surface area (Å²) in [6.45, 7) is 3.80. The average molecular weight is 391 g/mol. The van der Waals surface area contributed by atoms with Gasteiger partial charge in [-0.25, -0.2) is 16.8 Å². The van der Waals surface area contributed by atoms with Gasteiger partial charge in [0.2, 0.25) is 10.0 Å². The van der Waals surface area contributed by atoms with E-state index in [9.17, 15) is 16.8 Å². The minimum atomic E-state index is -3.68. The molecule has 3 heterocycles. The maximum Gasteiger partial charge on any atom is 0.252 e. The molecule has 0 spiro atoms. The third-order valence-corrected chi connectivity index (χ3v) is 9.38. The number of nitrogens with one attached hydrogen (secondary N) is 1. The van der Waals surface area contributed by atoms with Crippen LogP contribution in [0.25, 0.3) is 0 Å². The van der Waals surface area contributed by atoms with Crippen molar-refractivity contribution >= 4 is 31.4 Å². The fourth-order valence-electron chi connectivity index (χ4n) is 2.74. The zero-order valence-electron chi connectivity index (χ0n) is 13.3. The second kappa shape index (κ2) is 6.23. The van der Waals surface area contributed by atoms with Gasteiger partial charge in [-0.1, -0.05) is 6.07 Å². The van der Waals surface area contributed by atoms with E-state index in [4.69, 9.17) is 0 Å². The van der Waals surface area contributed by atoms with Crippen LogP contribution < -0.4 is 0 Å². The van der Waals surface area contributed by atoms with E-state index in [0.717, 1.165) is 11.3 Å². The lowest BCUT2D eigenvalue weighted by atomic mass is 10.4. The van der Waals surface area contributed by atoms with Crippen molar-refractivity contribution in [1.82, 2.24) is 18.8 Å². The normalized spacial score (nSPS) is 18.1. The second-order valence-electron chi connectivity index (χ2n) is 5.50. The fourth-order valence-corrected chi connectivity index (χ4v) is 7.06. The van der Waals surface area contributed by atoms with Crippen LogP contribution >= 0.6 is 11.3 Å². The molecule has 2 aromatic heterocycles. The Hall–Kier alpha value is -1.27. The molecule has 24 heavy (non-hydrogen) atoms. The molecule has 0 aromatic carbocycles. The van der Waals surface area contributed by atoms with E-state index in [1.54, 1.807) is 31.4 Å². The maximum absolute atomic E-state index is 12.8. The number of sulfonamides is 2. The SMILES string of the molecule is Cc1n[nH]c(C)c1S(=O)(=O)N1CCN(S(=O)(=O)c2cccs2)CC1. The van der Waals surface area contributed by atoms with E-state index in [0.29, 0.717) is 11.4 Å². The summed E-state index contributed by atoms with van der Waals surface area (Å²) in [4.78, 5) is 0.178. The van der Waals surface area contributed by atoms with Crippen molar-refractivity contribution in [3.8, 4) is 0 Å². The summed E-state index contributed by atoms with van der Waals surface area (Å²) >= 11 is 1.16. The zero-order chi connectivity index (χ0) is 17.5. The molecule has 1 N–H and O–H groups in total. The predicted octanol–water partition coefficient (Wildman–Crippen LogP) is 0.783. The van der Waals surface area contributed by atoms with Gasteiger partial charge < -0.3 is 0 Å². The third kappa shape index (κ3) is 2.90. The maximum atomic E-state index is 12.8. The van der Waals surface area contributed by atoms with Crippen LogP contribution in [0.1, 0.15) is 11.4 Å². The smallest absolute Gasteiger partial charge is 0.252 e. The van der Waals surface area contributed by atoms with Crippen molar-refractivity contribution in [2.75, 3.05) is 26.2 Å².